The van der Waals surface area contributed by atoms with E-state index in [4.69, 9.17) is 40.8 Å². The third-order valence-electron chi connectivity index (χ3n) is 3.44. The molecule has 2 aromatic carbocycles. The van der Waals surface area contributed by atoms with Crippen molar-refractivity contribution in [1.82, 2.24) is 9.97 Å². The van der Waals surface area contributed by atoms with E-state index in [1.165, 1.54) is 18.2 Å². The van der Waals surface area contributed by atoms with E-state index in [9.17, 15) is 0 Å². The summed E-state index contributed by atoms with van der Waals surface area (Å²) in [6.07, 6.45) is 0. The topological polar surface area (TPSA) is 118 Å². The summed E-state index contributed by atoms with van der Waals surface area (Å²) in [6, 6.07) is 6.06. The third-order valence-corrected chi connectivity index (χ3v) is 3.44. The van der Waals surface area contributed by atoms with E-state index < -0.39 is 44.9 Å². The lowest BCUT2D eigenvalue weighted by atomic mass is 10.1. The quantitative estimate of drug-likeness (QED) is 0.609. The summed E-state index contributed by atoms with van der Waals surface area (Å²) in [5, 5.41) is 2.78. The number of hydrogen-bond donors (Lipinski definition) is 3. The molecule has 3 rings (SSSR count). The molecular weight excluding hydrogens is 334 g/mol. The minimum Gasteiger partial charge on any atom is -0.493 e. The van der Waals surface area contributed by atoms with Crippen molar-refractivity contribution in [3.05, 3.63) is 35.9 Å². The molecule has 0 amide bonds. The zero-order valence-electron chi connectivity index (χ0n) is 24.2. The third kappa shape index (κ3) is 3.34. The van der Waals surface area contributed by atoms with Crippen molar-refractivity contribution in [3.63, 3.8) is 0 Å². The number of nitrogens with one attached hydrogen (secondary N) is 1. The Hall–Kier alpha value is -3.42. The van der Waals surface area contributed by atoms with Crippen LogP contribution in [0.25, 0.3) is 10.9 Å². The summed E-state index contributed by atoms with van der Waals surface area (Å²) >= 11 is 0. The molecule has 8 nitrogen and oxygen atoms in total. The van der Waals surface area contributed by atoms with Crippen LogP contribution in [0, 0.1) is 0 Å². The van der Waals surface area contributed by atoms with Gasteiger partial charge in [-0.2, -0.15) is 4.98 Å². The molecule has 0 aliphatic heterocycles. The maximum Gasteiger partial charge on any atom is 0.222 e. The van der Waals surface area contributed by atoms with Gasteiger partial charge in [-0.15, -0.1) is 0 Å². The first kappa shape index (κ1) is 8.31. The van der Waals surface area contributed by atoms with Crippen LogP contribution >= 0.6 is 0 Å². The van der Waals surface area contributed by atoms with Crippen molar-refractivity contribution in [3.8, 4) is 17.2 Å². The molecule has 0 spiro atoms. The number of fused-ring (bicyclic) bond motifs is 1. The molecule has 5 N–H and O–H groups in total. The summed E-state index contributed by atoms with van der Waals surface area (Å²) < 4.78 is 97.8. The number of ether oxygens (including phenoxy) is 3. The van der Waals surface area contributed by atoms with E-state index in [-0.39, 0.29) is 23.0 Å². The van der Waals surface area contributed by atoms with Crippen molar-refractivity contribution in [1.29, 1.82) is 0 Å². The summed E-state index contributed by atoms with van der Waals surface area (Å²) in [7, 11) is -9.36. The highest BCUT2D eigenvalue weighted by Gasteiger charge is 2.13. The Balaban J connectivity index is 2.12. The molecule has 3 aromatic rings. The molecule has 0 unspecified atom stereocenters. The van der Waals surface area contributed by atoms with Crippen molar-refractivity contribution >= 4 is 28.4 Å². The minimum absolute atomic E-state index is 0.00745. The van der Waals surface area contributed by atoms with Gasteiger partial charge in [0.1, 0.15) is 5.82 Å². The Kier molecular flexibility index (Phi) is 2.31. The summed E-state index contributed by atoms with van der Waals surface area (Å²) in [4.78, 5) is 7.86. The SMILES string of the molecule is [2H]C([2H])([2H])Oc1cc(NC([2H])([2H])c2ccc3nc(N)nc(N)c3c2)cc(OC([2H])([2H])[2H])c1OC([2H])([2H])[2H]. The van der Waals surface area contributed by atoms with Gasteiger partial charge in [0.2, 0.25) is 11.7 Å². The van der Waals surface area contributed by atoms with Gasteiger partial charge in [-0.3, -0.25) is 0 Å². The fraction of sp³-hybridized carbons (Fsp3) is 0.222. The standard InChI is InChI=1S/C18H21N5O3/c1-24-14-7-11(8-15(25-2)16(14)26-3)21-9-10-4-5-13-12(6-10)17(19)23-18(20)22-13/h4-8,21H,9H2,1-3H3,(H4,19,20,22,23)/i1D3,2D3,3D3,9D2. The lowest BCUT2D eigenvalue weighted by molar-refractivity contribution is 0.324. The van der Waals surface area contributed by atoms with Crippen molar-refractivity contribution in [2.75, 3.05) is 37.9 Å². The van der Waals surface area contributed by atoms with Gasteiger partial charge >= 0.3 is 0 Å². The fourth-order valence-corrected chi connectivity index (χ4v) is 2.29. The van der Waals surface area contributed by atoms with E-state index >= 15 is 0 Å². The highest BCUT2D eigenvalue weighted by atomic mass is 16.5. The van der Waals surface area contributed by atoms with Crippen LogP contribution in [0.5, 0.6) is 17.2 Å². The molecule has 136 valence electrons. The Morgan fingerprint density at radius 3 is 2.46 bits per heavy atom. The van der Waals surface area contributed by atoms with E-state index in [1.54, 1.807) is 0 Å². The number of rotatable bonds is 6. The number of aromatic nitrogens is 2. The van der Waals surface area contributed by atoms with Gasteiger partial charge in [-0.05, 0) is 17.7 Å². The number of nitrogens with two attached hydrogens (primary N) is 2. The molecule has 8 heteroatoms. The van der Waals surface area contributed by atoms with E-state index in [2.05, 4.69) is 15.3 Å². The molecule has 0 saturated carbocycles. The van der Waals surface area contributed by atoms with Gasteiger partial charge in [0.15, 0.2) is 11.5 Å². The fourth-order valence-electron chi connectivity index (χ4n) is 2.29. The van der Waals surface area contributed by atoms with Crippen molar-refractivity contribution in [2.24, 2.45) is 0 Å². The number of anilines is 3. The highest BCUT2D eigenvalue weighted by Crippen LogP contribution is 2.40. The van der Waals surface area contributed by atoms with E-state index in [0.717, 1.165) is 12.1 Å². The number of nitrogen functional groups attached to an aromatic ring is 2. The number of benzene rings is 2. The van der Waals surface area contributed by atoms with Crippen LogP contribution in [0.4, 0.5) is 17.5 Å². The van der Waals surface area contributed by atoms with Crippen LogP contribution in [0.1, 0.15) is 20.6 Å². The number of nitrogens with zero attached hydrogens (tertiary/aromatic N) is 2. The maximum atomic E-state index is 8.52. The van der Waals surface area contributed by atoms with Gasteiger partial charge in [-0.25, -0.2) is 4.98 Å². The van der Waals surface area contributed by atoms with Gasteiger partial charge in [0, 0.05) is 29.7 Å². The predicted molar refractivity (Wildman–Crippen MR) is 102 cm³/mol. The van der Waals surface area contributed by atoms with Gasteiger partial charge in [0.25, 0.3) is 0 Å². The molecule has 0 aliphatic rings. The van der Waals surface area contributed by atoms with Crippen molar-refractivity contribution < 1.29 is 29.3 Å². The van der Waals surface area contributed by atoms with Crippen LogP contribution < -0.4 is 31.0 Å². The van der Waals surface area contributed by atoms with Crippen LogP contribution in [0.3, 0.4) is 0 Å². The Morgan fingerprint density at radius 1 is 1.04 bits per heavy atom. The lowest BCUT2D eigenvalue weighted by Gasteiger charge is -2.15. The van der Waals surface area contributed by atoms with Crippen LogP contribution in [-0.2, 0) is 6.50 Å². The summed E-state index contributed by atoms with van der Waals surface area (Å²) in [6.45, 7) is -2.39. The first-order valence-corrected chi connectivity index (χ1v) is 7.09. The van der Waals surface area contributed by atoms with Crippen LogP contribution in [0.2, 0.25) is 0 Å². The molecule has 0 aliphatic carbocycles. The molecule has 0 saturated heterocycles. The second-order valence-electron chi connectivity index (χ2n) is 5.06. The number of methoxy groups -OCH3 is 3. The zero-order chi connectivity index (χ0) is 28.0. The molecule has 0 atom stereocenters. The van der Waals surface area contributed by atoms with Crippen LogP contribution in [0.15, 0.2) is 30.3 Å². The largest absolute Gasteiger partial charge is 0.493 e. The lowest BCUT2D eigenvalue weighted by Crippen LogP contribution is -2.03. The van der Waals surface area contributed by atoms with E-state index in [1.807, 2.05) is 0 Å². The average molecular weight is 366 g/mol. The monoisotopic (exact) mass is 366 g/mol. The molecule has 26 heavy (non-hydrogen) atoms. The van der Waals surface area contributed by atoms with Gasteiger partial charge in [0.05, 0.1) is 41.7 Å². The second kappa shape index (κ2) is 7.22. The molecule has 1 aromatic heterocycles. The molecule has 0 radical (unpaired) electrons. The minimum atomic E-state index is -3.14. The first-order chi connectivity index (χ1) is 16.7. The molecular formula is C18H21N5O3. The first-order valence-electron chi connectivity index (χ1n) is 12.6. The highest BCUT2D eigenvalue weighted by molar-refractivity contribution is 5.89. The smallest absolute Gasteiger partial charge is 0.222 e. The summed E-state index contributed by atoms with van der Waals surface area (Å²) in [5.74, 6) is -2.35. The zero-order valence-corrected chi connectivity index (χ0v) is 13.2. The van der Waals surface area contributed by atoms with Crippen LogP contribution in [-0.4, -0.2) is 31.1 Å². The Morgan fingerprint density at radius 2 is 1.77 bits per heavy atom. The predicted octanol–water partition coefficient (Wildman–Crippen LogP) is 2.43. The van der Waals surface area contributed by atoms with E-state index in [0.29, 0.717) is 10.9 Å². The normalized spacial score (nSPS) is 18.8. The van der Waals surface area contributed by atoms with Gasteiger partial charge < -0.3 is 31.0 Å². The molecule has 0 bridgehead atoms. The Labute approximate surface area is 166 Å². The second-order valence-corrected chi connectivity index (χ2v) is 5.06. The number of hydrogen-bond acceptors (Lipinski definition) is 8. The van der Waals surface area contributed by atoms with Crippen molar-refractivity contribution in [2.45, 2.75) is 6.50 Å². The summed E-state index contributed by atoms with van der Waals surface area (Å²) in [5.41, 5.74) is 11.6. The van der Waals surface area contributed by atoms with Gasteiger partial charge in [-0.1, -0.05) is 6.07 Å². The molecule has 0 fully saturated rings. The average Bonchev–Trinajstić information content (AvgIpc) is 2.66. The Bertz CT molecular complexity index is 1270. The maximum absolute atomic E-state index is 8.52. The molecule has 1 heterocycles.